The molecule has 0 spiro atoms. The van der Waals surface area contributed by atoms with Crippen LogP contribution in [0.2, 0.25) is 0 Å². The van der Waals surface area contributed by atoms with Gasteiger partial charge in [-0.3, -0.25) is 9.13 Å². The zero-order valence-electron chi connectivity index (χ0n) is 15.4. The van der Waals surface area contributed by atoms with Crippen LogP contribution in [0.15, 0.2) is 41.2 Å². The summed E-state index contributed by atoms with van der Waals surface area (Å²) in [7, 11) is 1.59. The second kappa shape index (κ2) is 5.73. The fraction of sp³-hybridized carbons (Fsp3) is 0.400. The summed E-state index contributed by atoms with van der Waals surface area (Å²) < 4.78 is 29.3. The number of halogens is 2. The highest BCUT2D eigenvalue weighted by Crippen LogP contribution is 2.49. The molecule has 0 amide bonds. The summed E-state index contributed by atoms with van der Waals surface area (Å²) in [5.74, 6) is -3.46. The molecule has 142 valence electrons. The van der Waals surface area contributed by atoms with Gasteiger partial charge in [-0.05, 0) is 37.6 Å². The molecule has 1 N–H and O–H groups in total. The number of alkyl halides is 2. The van der Waals surface area contributed by atoms with Gasteiger partial charge in [-0.15, -0.1) is 0 Å². The number of imidazole rings is 1. The molecular weight excluding hydrogens is 352 g/mol. The van der Waals surface area contributed by atoms with Crippen LogP contribution in [0.3, 0.4) is 0 Å². The maximum Gasteiger partial charge on any atom is 0.330 e. The van der Waals surface area contributed by atoms with E-state index in [1.165, 1.54) is 9.13 Å². The van der Waals surface area contributed by atoms with Gasteiger partial charge in [0.1, 0.15) is 0 Å². The Morgan fingerprint density at radius 2 is 2.00 bits per heavy atom. The zero-order chi connectivity index (χ0) is 19.6. The van der Waals surface area contributed by atoms with Crippen LogP contribution < -0.4 is 5.69 Å². The lowest BCUT2D eigenvalue weighted by Crippen LogP contribution is -2.23. The van der Waals surface area contributed by atoms with E-state index in [-0.39, 0.29) is 18.7 Å². The van der Waals surface area contributed by atoms with Crippen LogP contribution in [0.5, 0.6) is 0 Å². The number of aryl methyl sites for hydroxylation is 1. The van der Waals surface area contributed by atoms with Crippen LogP contribution in [0.4, 0.5) is 8.78 Å². The standard InChI is InChI=1S/C20H21F2N3O2/c1-19(2,27)13-6-4-5-12(9-13)15-7-8-16-17(23-15)24(3)18(26)25(16)11-14-10-20(14,21)22/h4-9,14,27H,10-11H2,1-3H3. The monoisotopic (exact) mass is 373 g/mol. The third-order valence-corrected chi connectivity index (χ3v) is 5.20. The van der Waals surface area contributed by atoms with E-state index in [0.717, 1.165) is 11.1 Å². The van der Waals surface area contributed by atoms with E-state index in [2.05, 4.69) is 4.98 Å². The van der Waals surface area contributed by atoms with E-state index in [4.69, 9.17) is 0 Å². The van der Waals surface area contributed by atoms with E-state index in [1.54, 1.807) is 33.0 Å². The van der Waals surface area contributed by atoms with Gasteiger partial charge in [0.15, 0.2) is 5.65 Å². The van der Waals surface area contributed by atoms with Crippen LogP contribution in [0.25, 0.3) is 22.4 Å². The molecule has 27 heavy (non-hydrogen) atoms. The predicted molar refractivity (Wildman–Crippen MR) is 98.7 cm³/mol. The average molecular weight is 373 g/mol. The molecule has 1 atom stereocenters. The smallest absolute Gasteiger partial charge is 0.330 e. The zero-order valence-corrected chi connectivity index (χ0v) is 15.4. The quantitative estimate of drug-likeness (QED) is 0.764. The van der Waals surface area contributed by atoms with E-state index >= 15 is 0 Å². The van der Waals surface area contributed by atoms with Crippen molar-refractivity contribution in [3.8, 4) is 11.3 Å². The fourth-order valence-corrected chi connectivity index (χ4v) is 3.36. The maximum absolute atomic E-state index is 13.3. The van der Waals surface area contributed by atoms with Crippen LogP contribution in [-0.2, 0) is 19.2 Å². The van der Waals surface area contributed by atoms with Crippen molar-refractivity contribution >= 4 is 11.2 Å². The van der Waals surface area contributed by atoms with Crippen molar-refractivity contribution in [2.24, 2.45) is 13.0 Å². The molecule has 1 unspecified atom stereocenters. The minimum atomic E-state index is -2.67. The van der Waals surface area contributed by atoms with Crippen molar-refractivity contribution in [3.05, 3.63) is 52.4 Å². The van der Waals surface area contributed by atoms with Crippen molar-refractivity contribution in [1.29, 1.82) is 0 Å². The minimum Gasteiger partial charge on any atom is -0.386 e. The number of aliphatic hydroxyl groups is 1. The van der Waals surface area contributed by atoms with Crippen LogP contribution in [0, 0.1) is 5.92 Å². The summed E-state index contributed by atoms with van der Waals surface area (Å²) in [5, 5.41) is 10.2. The van der Waals surface area contributed by atoms with Gasteiger partial charge in [0.2, 0.25) is 0 Å². The molecule has 4 rings (SSSR count). The lowest BCUT2D eigenvalue weighted by molar-refractivity contribution is 0.0786. The number of benzene rings is 1. The summed E-state index contributed by atoms with van der Waals surface area (Å²) in [4.78, 5) is 17.1. The van der Waals surface area contributed by atoms with Gasteiger partial charge < -0.3 is 5.11 Å². The van der Waals surface area contributed by atoms with E-state index < -0.39 is 17.4 Å². The molecule has 2 heterocycles. The SMILES string of the molecule is Cn1c(=O)n(CC2CC2(F)F)c2ccc(-c3cccc(C(C)(C)O)c3)nc21. The molecule has 0 saturated heterocycles. The maximum atomic E-state index is 13.3. The van der Waals surface area contributed by atoms with Crippen molar-refractivity contribution in [3.63, 3.8) is 0 Å². The topological polar surface area (TPSA) is 60.0 Å². The molecule has 7 heteroatoms. The number of fused-ring (bicyclic) bond motifs is 1. The van der Waals surface area contributed by atoms with E-state index in [0.29, 0.717) is 16.9 Å². The molecule has 3 aromatic rings. The highest BCUT2D eigenvalue weighted by Gasteiger charge is 2.57. The molecule has 0 aliphatic heterocycles. The lowest BCUT2D eigenvalue weighted by atomic mass is 9.95. The number of aromatic nitrogens is 3. The first-order valence-corrected chi connectivity index (χ1v) is 8.85. The number of hydrogen-bond acceptors (Lipinski definition) is 3. The van der Waals surface area contributed by atoms with E-state index in [9.17, 15) is 18.7 Å². The van der Waals surface area contributed by atoms with Gasteiger partial charge in [-0.1, -0.05) is 18.2 Å². The molecule has 0 radical (unpaired) electrons. The minimum absolute atomic E-state index is 0.00160. The first-order valence-electron chi connectivity index (χ1n) is 8.85. The fourth-order valence-electron chi connectivity index (χ4n) is 3.36. The van der Waals surface area contributed by atoms with Crippen molar-refractivity contribution in [1.82, 2.24) is 14.1 Å². The summed E-state index contributed by atoms with van der Waals surface area (Å²) >= 11 is 0. The van der Waals surface area contributed by atoms with Gasteiger partial charge >= 0.3 is 5.69 Å². The molecule has 1 aliphatic carbocycles. The number of pyridine rings is 1. The predicted octanol–water partition coefficient (Wildman–Crippen LogP) is 3.28. The van der Waals surface area contributed by atoms with Crippen molar-refractivity contribution in [2.75, 3.05) is 0 Å². The number of nitrogens with zero attached hydrogens (tertiary/aromatic N) is 3. The second-order valence-electron chi connectivity index (χ2n) is 7.79. The Hall–Kier alpha value is -2.54. The number of hydrogen-bond donors (Lipinski definition) is 1. The van der Waals surface area contributed by atoms with Gasteiger partial charge in [0, 0.05) is 31.5 Å². The molecule has 1 aliphatic rings. The summed E-state index contributed by atoms with van der Waals surface area (Å²) in [6, 6.07) is 10.9. The molecule has 1 aromatic carbocycles. The largest absolute Gasteiger partial charge is 0.386 e. The van der Waals surface area contributed by atoms with Gasteiger partial charge in [0.25, 0.3) is 5.92 Å². The Balaban J connectivity index is 1.78. The summed E-state index contributed by atoms with van der Waals surface area (Å²) in [6.45, 7) is 3.42. The van der Waals surface area contributed by atoms with Gasteiger partial charge in [0.05, 0.1) is 16.8 Å². The molecule has 1 fully saturated rings. The summed E-state index contributed by atoms with van der Waals surface area (Å²) in [6.07, 6.45) is -0.176. The highest BCUT2D eigenvalue weighted by molar-refractivity contribution is 5.76. The van der Waals surface area contributed by atoms with Crippen molar-refractivity contribution < 1.29 is 13.9 Å². The molecule has 5 nitrogen and oxygen atoms in total. The summed E-state index contributed by atoms with van der Waals surface area (Å²) in [5.41, 5.74) is 1.89. The van der Waals surface area contributed by atoms with Crippen LogP contribution >= 0.6 is 0 Å². The molecular formula is C20H21F2N3O2. The Bertz CT molecular complexity index is 1090. The number of rotatable bonds is 4. The average Bonchev–Trinajstić information content (AvgIpc) is 3.16. The third kappa shape index (κ3) is 3.06. The molecule has 0 bridgehead atoms. The molecule has 1 saturated carbocycles. The third-order valence-electron chi connectivity index (χ3n) is 5.20. The molecule has 2 aromatic heterocycles. The van der Waals surface area contributed by atoms with Crippen LogP contribution in [0.1, 0.15) is 25.8 Å². The van der Waals surface area contributed by atoms with Gasteiger partial charge in [-0.25, -0.2) is 18.6 Å². The van der Waals surface area contributed by atoms with Crippen molar-refractivity contribution in [2.45, 2.75) is 38.3 Å². The Morgan fingerprint density at radius 1 is 1.30 bits per heavy atom. The van der Waals surface area contributed by atoms with Gasteiger partial charge in [-0.2, -0.15) is 0 Å². The normalized spacial score (nSPS) is 18.8. The highest BCUT2D eigenvalue weighted by atomic mass is 19.3. The first-order chi connectivity index (χ1) is 12.6. The Kier molecular flexibility index (Phi) is 3.79. The lowest BCUT2D eigenvalue weighted by Gasteiger charge is -2.18. The van der Waals surface area contributed by atoms with E-state index in [1.807, 2.05) is 24.3 Å². The Morgan fingerprint density at radius 3 is 2.63 bits per heavy atom. The Labute approximate surface area is 154 Å². The van der Waals surface area contributed by atoms with Crippen LogP contribution in [-0.4, -0.2) is 25.1 Å². The second-order valence-corrected chi connectivity index (χ2v) is 7.79. The first kappa shape index (κ1) is 17.9.